The Morgan fingerprint density at radius 2 is 1.87 bits per heavy atom. The van der Waals surface area contributed by atoms with Gasteiger partial charge in [-0.2, -0.15) is 0 Å². The van der Waals surface area contributed by atoms with Gasteiger partial charge in [-0.1, -0.05) is 30.3 Å². The Labute approximate surface area is 136 Å². The number of carbonyl (C=O) groups is 1. The molecule has 0 spiro atoms. The topological polar surface area (TPSA) is 73.6 Å². The van der Waals surface area contributed by atoms with Crippen molar-refractivity contribution in [1.29, 1.82) is 0 Å². The van der Waals surface area contributed by atoms with E-state index in [1.54, 1.807) is 0 Å². The maximum Gasteiger partial charge on any atom is 0.225 e. The van der Waals surface area contributed by atoms with E-state index in [9.17, 15) is 4.79 Å². The number of hydrogen-bond acceptors (Lipinski definition) is 4. The summed E-state index contributed by atoms with van der Waals surface area (Å²) in [6.07, 6.45) is 0.317. The Hall–Kier alpha value is -2.37. The Kier molecular flexibility index (Phi) is 7.10. The fourth-order valence-electron chi connectivity index (χ4n) is 2.02. The molecule has 3 N–H and O–H groups in total. The van der Waals surface area contributed by atoms with Gasteiger partial charge in [0.25, 0.3) is 0 Å². The minimum Gasteiger partial charge on any atom is -0.491 e. The maximum atomic E-state index is 11.5. The standard InChI is InChI=1S/C18H22N2O3/c19-10-9-18(21)20-16-6-4-5-15(13-16)14-22-11-12-23-17-7-2-1-3-8-17/h1-8,13H,9-12,14,19H2,(H,20,21). The Morgan fingerprint density at radius 1 is 1.04 bits per heavy atom. The number of anilines is 1. The lowest BCUT2D eigenvalue weighted by molar-refractivity contribution is -0.116. The third-order valence-electron chi connectivity index (χ3n) is 3.09. The zero-order chi connectivity index (χ0) is 16.3. The Morgan fingerprint density at radius 3 is 2.65 bits per heavy atom. The van der Waals surface area contributed by atoms with Crippen molar-refractivity contribution in [3.05, 3.63) is 60.2 Å². The van der Waals surface area contributed by atoms with Crippen LogP contribution in [0.2, 0.25) is 0 Å². The first-order valence-electron chi connectivity index (χ1n) is 7.62. The van der Waals surface area contributed by atoms with Crippen molar-refractivity contribution in [3.63, 3.8) is 0 Å². The predicted octanol–water partition coefficient (Wildman–Crippen LogP) is 2.57. The third-order valence-corrected chi connectivity index (χ3v) is 3.09. The molecule has 2 aromatic rings. The van der Waals surface area contributed by atoms with Crippen LogP contribution in [0.1, 0.15) is 12.0 Å². The van der Waals surface area contributed by atoms with E-state index in [0.717, 1.165) is 17.0 Å². The van der Waals surface area contributed by atoms with E-state index in [4.69, 9.17) is 15.2 Å². The van der Waals surface area contributed by atoms with Crippen LogP contribution in [-0.4, -0.2) is 25.7 Å². The number of nitrogens with one attached hydrogen (secondary N) is 1. The molecular weight excluding hydrogens is 292 g/mol. The van der Waals surface area contributed by atoms with E-state index >= 15 is 0 Å². The van der Waals surface area contributed by atoms with Gasteiger partial charge in [0.2, 0.25) is 5.91 Å². The van der Waals surface area contributed by atoms with E-state index < -0.39 is 0 Å². The first-order valence-corrected chi connectivity index (χ1v) is 7.62. The molecule has 0 aliphatic carbocycles. The highest BCUT2D eigenvalue weighted by atomic mass is 16.5. The fraction of sp³-hybridized carbons (Fsp3) is 0.278. The van der Waals surface area contributed by atoms with E-state index in [2.05, 4.69) is 5.32 Å². The quantitative estimate of drug-likeness (QED) is 0.698. The van der Waals surface area contributed by atoms with Crippen LogP contribution < -0.4 is 15.8 Å². The van der Waals surface area contributed by atoms with Gasteiger partial charge >= 0.3 is 0 Å². The predicted molar refractivity (Wildman–Crippen MR) is 90.3 cm³/mol. The molecule has 0 saturated heterocycles. The molecule has 0 radical (unpaired) electrons. The molecule has 0 atom stereocenters. The minimum absolute atomic E-state index is 0.0816. The second kappa shape index (κ2) is 9.61. The first-order chi connectivity index (χ1) is 11.3. The van der Waals surface area contributed by atoms with E-state index in [1.165, 1.54) is 0 Å². The van der Waals surface area contributed by atoms with E-state index in [-0.39, 0.29) is 5.91 Å². The van der Waals surface area contributed by atoms with Crippen molar-refractivity contribution in [1.82, 2.24) is 0 Å². The molecule has 0 aromatic heterocycles. The van der Waals surface area contributed by atoms with Gasteiger partial charge < -0.3 is 20.5 Å². The van der Waals surface area contributed by atoms with E-state index in [0.29, 0.717) is 32.8 Å². The highest BCUT2D eigenvalue weighted by Crippen LogP contribution is 2.12. The molecule has 5 heteroatoms. The average Bonchev–Trinajstić information content (AvgIpc) is 2.56. The van der Waals surface area contributed by atoms with Crippen molar-refractivity contribution in [2.45, 2.75) is 13.0 Å². The van der Waals surface area contributed by atoms with Crippen LogP contribution in [0.25, 0.3) is 0 Å². The van der Waals surface area contributed by atoms with Crippen LogP contribution >= 0.6 is 0 Å². The number of benzene rings is 2. The van der Waals surface area contributed by atoms with Gasteiger partial charge in [-0.05, 0) is 29.8 Å². The molecule has 0 aliphatic heterocycles. The van der Waals surface area contributed by atoms with Crippen LogP contribution in [0.4, 0.5) is 5.69 Å². The fourth-order valence-corrected chi connectivity index (χ4v) is 2.02. The molecule has 2 aromatic carbocycles. The van der Waals surface area contributed by atoms with Gasteiger partial charge in [-0.15, -0.1) is 0 Å². The molecule has 0 fully saturated rings. The molecule has 1 amide bonds. The number of ether oxygens (including phenoxy) is 2. The molecule has 23 heavy (non-hydrogen) atoms. The average molecular weight is 314 g/mol. The molecule has 0 heterocycles. The molecular formula is C18H22N2O3. The molecule has 5 nitrogen and oxygen atoms in total. The molecule has 0 bridgehead atoms. The van der Waals surface area contributed by atoms with Gasteiger partial charge in [0.15, 0.2) is 0 Å². The van der Waals surface area contributed by atoms with Crippen molar-refractivity contribution < 1.29 is 14.3 Å². The summed E-state index contributed by atoms with van der Waals surface area (Å²) in [5.41, 5.74) is 7.11. The maximum absolute atomic E-state index is 11.5. The Bertz CT molecular complexity index is 602. The summed E-state index contributed by atoms with van der Waals surface area (Å²) >= 11 is 0. The number of carbonyl (C=O) groups excluding carboxylic acids is 1. The Balaban J connectivity index is 1.70. The third kappa shape index (κ3) is 6.50. The largest absolute Gasteiger partial charge is 0.491 e. The number of amides is 1. The minimum atomic E-state index is -0.0816. The smallest absolute Gasteiger partial charge is 0.225 e. The zero-order valence-electron chi connectivity index (χ0n) is 13.0. The second-order valence-electron chi connectivity index (χ2n) is 5.00. The van der Waals surface area contributed by atoms with Crippen LogP contribution in [0.3, 0.4) is 0 Å². The zero-order valence-corrected chi connectivity index (χ0v) is 13.0. The molecule has 0 aliphatic rings. The molecule has 0 unspecified atom stereocenters. The first kappa shape index (κ1) is 17.0. The molecule has 122 valence electrons. The summed E-state index contributed by atoms with van der Waals surface area (Å²) in [6.45, 7) is 1.81. The summed E-state index contributed by atoms with van der Waals surface area (Å²) < 4.78 is 11.1. The van der Waals surface area contributed by atoms with Crippen LogP contribution in [0, 0.1) is 0 Å². The van der Waals surface area contributed by atoms with Crippen LogP contribution in [0.15, 0.2) is 54.6 Å². The lowest BCUT2D eigenvalue weighted by Gasteiger charge is -2.09. The van der Waals surface area contributed by atoms with Crippen molar-refractivity contribution in [2.24, 2.45) is 5.73 Å². The van der Waals surface area contributed by atoms with Gasteiger partial charge in [0.05, 0.1) is 13.2 Å². The van der Waals surface area contributed by atoms with Crippen molar-refractivity contribution in [3.8, 4) is 5.75 Å². The molecule has 2 rings (SSSR count). The highest BCUT2D eigenvalue weighted by Gasteiger charge is 2.02. The number of hydrogen-bond donors (Lipinski definition) is 2. The number of rotatable bonds is 9. The monoisotopic (exact) mass is 314 g/mol. The van der Waals surface area contributed by atoms with Gasteiger partial charge in [0.1, 0.15) is 12.4 Å². The number of nitrogens with two attached hydrogens (primary N) is 1. The lowest BCUT2D eigenvalue weighted by atomic mass is 10.2. The summed E-state index contributed by atoms with van der Waals surface area (Å²) in [7, 11) is 0. The number of para-hydroxylation sites is 1. The van der Waals surface area contributed by atoms with Crippen molar-refractivity contribution >= 4 is 11.6 Å². The summed E-state index contributed by atoms with van der Waals surface area (Å²) in [5.74, 6) is 0.752. The second-order valence-corrected chi connectivity index (χ2v) is 5.00. The normalized spacial score (nSPS) is 10.3. The summed E-state index contributed by atoms with van der Waals surface area (Å²) in [5, 5.41) is 2.81. The SMILES string of the molecule is NCCC(=O)Nc1cccc(COCCOc2ccccc2)c1. The van der Waals surface area contributed by atoms with Crippen LogP contribution in [0.5, 0.6) is 5.75 Å². The van der Waals surface area contributed by atoms with Crippen LogP contribution in [-0.2, 0) is 16.1 Å². The van der Waals surface area contributed by atoms with Crippen molar-refractivity contribution in [2.75, 3.05) is 25.1 Å². The van der Waals surface area contributed by atoms with Gasteiger partial charge in [-0.25, -0.2) is 0 Å². The van der Waals surface area contributed by atoms with Gasteiger partial charge in [0, 0.05) is 18.7 Å². The molecule has 0 saturated carbocycles. The van der Waals surface area contributed by atoms with Gasteiger partial charge in [-0.3, -0.25) is 4.79 Å². The highest BCUT2D eigenvalue weighted by molar-refractivity contribution is 5.90. The summed E-state index contributed by atoms with van der Waals surface area (Å²) in [4.78, 5) is 11.5. The lowest BCUT2D eigenvalue weighted by Crippen LogP contribution is -2.16. The summed E-state index contributed by atoms with van der Waals surface area (Å²) in [6, 6.07) is 17.2. The van der Waals surface area contributed by atoms with E-state index in [1.807, 2.05) is 54.6 Å².